The van der Waals surface area contributed by atoms with Crippen LogP contribution in [0.2, 0.25) is 0 Å². The number of aromatic amines is 1. The van der Waals surface area contributed by atoms with E-state index in [-0.39, 0.29) is 11.8 Å². The summed E-state index contributed by atoms with van der Waals surface area (Å²) in [7, 11) is 4.82. The van der Waals surface area contributed by atoms with Gasteiger partial charge in [-0.2, -0.15) is 0 Å². The molecule has 1 unspecified atom stereocenters. The molecule has 6 nitrogen and oxygen atoms in total. The average molecular weight is 394 g/mol. The maximum atomic E-state index is 13.3. The standard InChI is InChI=1S/C23H26N2O4/c1-27-17-9-10-18-16(12-17)13-19(24-18)15-6-5-11-25(14-15)23(26)22-20(28-2)7-4-8-21(22)29-3/h4,7-10,12-13,15,24H,5-6,11,14H2,1-3H3. The Bertz CT molecular complexity index is 1000. The number of H-pyrrole nitrogens is 1. The Balaban J connectivity index is 1.60. The largest absolute Gasteiger partial charge is 0.497 e. The summed E-state index contributed by atoms with van der Waals surface area (Å²) in [5.41, 5.74) is 2.72. The number of hydrogen-bond donors (Lipinski definition) is 1. The minimum Gasteiger partial charge on any atom is -0.497 e. The lowest BCUT2D eigenvalue weighted by Crippen LogP contribution is -2.39. The van der Waals surface area contributed by atoms with E-state index in [1.165, 1.54) is 0 Å². The Morgan fingerprint density at radius 1 is 1.03 bits per heavy atom. The molecule has 1 atom stereocenters. The molecule has 1 fully saturated rings. The van der Waals surface area contributed by atoms with Crippen LogP contribution in [0.25, 0.3) is 10.9 Å². The summed E-state index contributed by atoms with van der Waals surface area (Å²) in [6, 6.07) is 13.6. The number of benzene rings is 2. The quantitative estimate of drug-likeness (QED) is 0.704. The topological polar surface area (TPSA) is 63.8 Å². The van der Waals surface area contributed by atoms with Gasteiger partial charge < -0.3 is 24.1 Å². The van der Waals surface area contributed by atoms with Crippen molar-refractivity contribution in [3.63, 3.8) is 0 Å². The van der Waals surface area contributed by atoms with Crippen molar-refractivity contribution in [2.45, 2.75) is 18.8 Å². The molecule has 2 aromatic carbocycles. The van der Waals surface area contributed by atoms with Crippen LogP contribution in [0.1, 0.15) is 34.8 Å². The first-order valence-electron chi connectivity index (χ1n) is 9.81. The van der Waals surface area contributed by atoms with Crippen molar-refractivity contribution in [2.75, 3.05) is 34.4 Å². The third-order valence-electron chi connectivity index (χ3n) is 5.64. The molecule has 1 N–H and O–H groups in total. The highest BCUT2D eigenvalue weighted by molar-refractivity contribution is 5.99. The van der Waals surface area contributed by atoms with Crippen molar-refractivity contribution in [3.8, 4) is 17.2 Å². The van der Waals surface area contributed by atoms with Crippen LogP contribution in [0.5, 0.6) is 17.2 Å². The van der Waals surface area contributed by atoms with Crippen molar-refractivity contribution in [3.05, 3.63) is 53.7 Å². The SMILES string of the molecule is COc1ccc2[nH]c(C3CCCN(C(=O)c4c(OC)cccc4OC)C3)cc2c1. The van der Waals surface area contributed by atoms with E-state index in [1.807, 2.05) is 29.2 Å². The molecule has 29 heavy (non-hydrogen) atoms. The number of nitrogens with one attached hydrogen (secondary N) is 1. The van der Waals surface area contributed by atoms with Crippen LogP contribution in [0, 0.1) is 0 Å². The van der Waals surface area contributed by atoms with Gasteiger partial charge >= 0.3 is 0 Å². The van der Waals surface area contributed by atoms with E-state index >= 15 is 0 Å². The van der Waals surface area contributed by atoms with Gasteiger partial charge in [0.15, 0.2) is 0 Å². The molecule has 3 aromatic rings. The van der Waals surface area contributed by atoms with Crippen molar-refractivity contribution in [2.24, 2.45) is 0 Å². The van der Waals surface area contributed by atoms with Crippen LogP contribution in [0.15, 0.2) is 42.5 Å². The predicted octanol–water partition coefficient (Wildman–Crippen LogP) is 4.21. The second kappa shape index (κ2) is 8.07. The fourth-order valence-electron chi connectivity index (χ4n) is 4.12. The normalized spacial score (nSPS) is 16.7. The highest BCUT2D eigenvalue weighted by Crippen LogP contribution is 2.34. The molecule has 1 amide bonds. The molecular formula is C23H26N2O4. The number of fused-ring (bicyclic) bond motifs is 1. The van der Waals surface area contributed by atoms with E-state index in [9.17, 15) is 4.79 Å². The van der Waals surface area contributed by atoms with Gasteiger partial charge in [-0.05, 0) is 49.2 Å². The summed E-state index contributed by atoms with van der Waals surface area (Å²) in [6.07, 6.45) is 1.99. The van der Waals surface area contributed by atoms with Crippen LogP contribution >= 0.6 is 0 Å². The highest BCUT2D eigenvalue weighted by atomic mass is 16.5. The van der Waals surface area contributed by atoms with Gasteiger partial charge in [-0.1, -0.05) is 6.07 Å². The van der Waals surface area contributed by atoms with E-state index in [0.29, 0.717) is 23.6 Å². The number of likely N-dealkylation sites (tertiary alicyclic amines) is 1. The second-order valence-corrected chi connectivity index (χ2v) is 7.31. The van der Waals surface area contributed by atoms with Crippen LogP contribution in [0.3, 0.4) is 0 Å². The van der Waals surface area contributed by atoms with Crippen LogP contribution in [-0.2, 0) is 0 Å². The van der Waals surface area contributed by atoms with E-state index < -0.39 is 0 Å². The van der Waals surface area contributed by atoms with E-state index in [4.69, 9.17) is 14.2 Å². The molecule has 0 radical (unpaired) electrons. The molecule has 1 aliphatic heterocycles. The summed E-state index contributed by atoms with van der Waals surface area (Å²) in [6.45, 7) is 1.38. The third kappa shape index (κ3) is 3.62. The summed E-state index contributed by atoms with van der Waals surface area (Å²) in [4.78, 5) is 18.8. The number of aromatic nitrogens is 1. The number of hydrogen-bond acceptors (Lipinski definition) is 4. The zero-order valence-corrected chi connectivity index (χ0v) is 17.0. The lowest BCUT2D eigenvalue weighted by molar-refractivity contribution is 0.0699. The number of carbonyl (C=O) groups is 1. The number of methoxy groups -OCH3 is 3. The lowest BCUT2D eigenvalue weighted by Gasteiger charge is -2.33. The molecule has 1 saturated heterocycles. The van der Waals surface area contributed by atoms with Crippen molar-refractivity contribution in [1.82, 2.24) is 9.88 Å². The Labute approximate surface area is 170 Å². The number of amides is 1. The Morgan fingerprint density at radius 2 is 1.79 bits per heavy atom. The number of piperidine rings is 1. The zero-order chi connectivity index (χ0) is 20.4. The molecule has 6 heteroatoms. The van der Waals surface area contributed by atoms with Gasteiger partial charge in [0.1, 0.15) is 22.8 Å². The maximum Gasteiger partial charge on any atom is 0.261 e. The number of rotatable bonds is 5. The van der Waals surface area contributed by atoms with Gasteiger partial charge in [0.05, 0.1) is 21.3 Å². The van der Waals surface area contributed by atoms with Crippen molar-refractivity contribution in [1.29, 1.82) is 0 Å². The second-order valence-electron chi connectivity index (χ2n) is 7.31. The summed E-state index contributed by atoms with van der Waals surface area (Å²) >= 11 is 0. The van der Waals surface area contributed by atoms with Gasteiger partial charge in [-0.3, -0.25) is 4.79 Å². The number of carbonyl (C=O) groups excluding carboxylic acids is 1. The fraction of sp³-hybridized carbons (Fsp3) is 0.348. The summed E-state index contributed by atoms with van der Waals surface area (Å²) in [5, 5.41) is 1.12. The molecule has 0 bridgehead atoms. The van der Waals surface area contributed by atoms with Crippen molar-refractivity contribution < 1.29 is 19.0 Å². The first kappa shape index (κ1) is 19.2. The van der Waals surface area contributed by atoms with Crippen LogP contribution in [-0.4, -0.2) is 50.2 Å². The third-order valence-corrected chi connectivity index (χ3v) is 5.64. The van der Waals surface area contributed by atoms with Gasteiger partial charge in [0, 0.05) is 35.6 Å². The molecule has 4 rings (SSSR count). The Morgan fingerprint density at radius 3 is 2.48 bits per heavy atom. The van der Waals surface area contributed by atoms with E-state index in [1.54, 1.807) is 33.5 Å². The first-order chi connectivity index (χ1) is 14.1. The minimum atomic E-state index is -0.0539. The monoisotopic (exact) mass is 394 g/mol. The molecule has 1 aliphatic rings. The maximum absolute atomic E-state index is 13.3. The van der Waals surface area contributed by atoms with Gasteiger partial charge in [-0.25, -0.2) is 0 Å². The summed E-state index contributed by atoms with van der Waals surface area (Å²) in [5.74, 6) is 2.11. The predicted molar refractivity (Wildman–Crippen MR) is 112 cm³/mol. The van der Waals surface area contributed by atoms with Gasteiger partial charge in [-0.15, -0.1) is 0 Å². The minimum absolute atomic E-state index is 0.0539. The summed E-state index contributed by atoms with van der Waals surface area (Å²) < 4.78 is 16.2. The molecule has 2 heterocycles. The highest BCUT2D eigenvalue weighted by Gasteiger charge is 2.29. The van der Waals surface area contributed by atoms with Crippen LogP contribution < -0.4 is 14.2 Å². The Hall–Kier alpha value is -3.15. The zero-order valence-electron chi connectivity index (χ0n) is 17.0. The molecule has 0 saturated carbocycles. The molecule has 0 aliphatic carbocycles. The molecule has 152 valence electrons. The van der Waals surface area contributed by atoms with E-state index in [2.05, 4.69) is 11.1 Å². The van der Waals surface area contributed by atoms with E-state index in [0.717, 1.165) is 41.7 Å². The average Bonchev–Trinajstić information content (AvgIpc) is 3.21. The molecule has 1 aromatic heterocycles. The number of nitrogens with zero attached hydrogens (tertiary/aromatic N) is 1. The molecular weight excluding hydrogens is 368 g/mol. The van der Waals surface area contributed by atoms with Gasteiger partial charge in [0.25, 0.3) is 5.91 Å². The van der Waals surface area contributed by atoms with Crippen LogP contribution in [0.4, 0.5) is 0 Å². The number of ether oxygens (including phenoxy) is 3. The Kier molecular flexibility index (Phi) is 5.34. The first-order valence-corrected chi connectivity index (χ1v) is 9.81. The molecule has 0 spiro atoms. The lowest BCUT2D eigenvalue weighted by atomic mass is 9.94. The van der Waals surface area contributed by atoms with Gasteiger partial charge in [0.2, 0.25) is 0 Å². The van der Waals surface area contributed by atoms with Crippen molar-refractivity contribution >= 4 is 16.8 Å². The fourth-order valence-corrected chi connectivity index (χ4v) is 4.12. The smallest absolute Gasteiger partial charge is 0.261 e.